The highest BCUT2D eigenvalue weighted by atomic mass is 32.2. The lowest BCUT2D eigenvalue weighted by Crippen LogP contribution is -2.48. The Balaban J connectivity index is 1.67. The Morgan fingerprint density at radius 3 is 2.56 bits per heavy atom. The first-order valence-electron chi connectivity index (χ1n) is 8.84. The Kier molecular flexibility index (Phi) is 5.06. The molecule has 0 spiro atoms. The average Bonchev–Trinajstić information content (AvgIpc) is 3.42. The van der Waals surface area contributed by atoms with Gasteiger partial charge in [0, 0.05) is 13.1 Å². The lowest BCUT2D eigenvalue weighted by molar-refractivity contribution is -0.127. The van der Waals surface area contributed by atoms with Crippen LogP contribution in [0.15, 0.2) is 24.3 Å². The Hall–Kier alpha value is -1.60. The molecule has 0 bridgehead atoms. The van der Waals surface area contributed by atoms with E-state index in [-0.39, 0.29) is 23.1 Å². The summed E-state index contributed by atoms with van der Waals surface area (Å²) in [6.45, 7) is 2.45. The van der Waals surface area contributed by atoms with E-state index in [9.17, 15) is 13.2 Å². The molecule has 2 fully saturated rings. The lowest BCUT2D eigenvalue weighted by Gasteiger charge is -2.32. The number of carbonyl (C=O) groups is 1. The van der Waals surface area contributed by atoms with E-state index in [4.69, 9.17) is 4.74 Å². The molecule has 0 aromatic heterocycles. The molecule has 1 saturated carbocycles. The molecular weight excluding hydrogens is 340 g/mol. The van der Waals surface area contributed by atoms with Crippen molar-refractivity contribution in [3.8, 4) is 5.75 Å². The fraction of sp³-hybridized carbons (Fsp3) is 0.611. The fourth-order valence-corrected chi connectivity index (χ4v) is 4.63. The normalized spacial score (nSPS) is 23.0. The summed E-state index contributed by atoms with van der Waals surface area (Å²) >= 11 is 0. The van der Waals surface area contributed by atoms with Crippen LogP contribution >= 0.6 is 0 Å². The van der Waals surface area contributed by atoms with Gasteiger partial charge in [-0.05, 0) is 50.3 Å². The zero-order valence-corrected chi connectivity index (χ0v) is 15.6. The molecule has 1 heterocycles. The maximum atomic E-state index is 12.8. The zero-order valence-electron chi connectivity index (χ0n) is 14.8. The molecule has 0 radical (unpaired) electrons. The molecule has 1 aliphatic heterocycles. The molecule has 1 amide bonds. The Morgan fingerprint density at radius 2 is 2.00 bits per heavy atom. The van der Waals surface area contributed by atoms with Crippen molar-refractivity contribution in [3.63, 3.8) is 0 Å². The molecule has 1 aromatic rings. The van der Waals surface area contributed by atoms with Gasteiger partial charge >= 0.3 is 0 Å². The number of rotatable bonds is 6. The highest BCUT2D eigenvalue weighted by Gasteiger charge is 2.47. The summed E-state index contributed by atoms with van der Waals surface area (Å²) in [5.41, 5.74) is 0.783. The van der Waals surface area contributed by atoms with E-state index in [2.05, 4.69) is 5.32 Å². The number of benzene rings is 1. The molecule has 1 atom stereocenters. The van der Waals surface area contributed by atoms with Crippen LogP contribution in [0.2, 0.25) is 0 Å². The van der Waals surface area contributed by atoms with Crippen LogP contribution in [0.4, 0.5) is 0 Å². The van der Waals surface area contributed by atoms with Crippen molar-refractivity contribution in [3.05, 3.63) is 29.8 Å². The van der Waals surface area contributed by atoms with E-state index in [1.54, 1.807) is 14.0 Å². The predicted molar refractivity (Wildman–Crippen MR) is 95.8 cm³/mol. The molecule has 2 aliphatic rings. The minimum atomic E-state index is -3.24. The fourth-order valence-electron chi connectivity index (χ4n) is 3.45. The van der Waals surface area contributed by atoms with Crippen LogP contribution in [0.3, 0.4) is 0 Å². The first kappa shape index (κ1) is 18.2. The third kappa shape index (κ3) is 3.82. The number of hydrogen-bond donors (Lipinski definition) is 1. The van der Waals surface area contributed by atoms with E-state index in [1.165, 1.54) is 4.31 Å². The number of sulfonamides is 1. The largest absolute Gasteiger partial charge is 0.497 e. The number of nitrogens with one attached hydrogen (secondary N) is 1. The lowest BCUT2D eigenvalue weighted by atomic mass is 9.97. The van der Waals surface area contributed by atoms with Crippen molar-refractivity contribution in [1.29, 1.82) is 0 Å². The van der Waals surface area contributed by atoms with Crippen molar-refractivity contribution >= 4 is 15.9 Å². The standard InChI is InChI=1S/C18H26N2O4S/c1-3-25(22,23)20-12-4-5-14(13-20)17(21)19-18(10-11-18)15-6-8-16(24-2)9-7-15/h6-9,14H,3-5,10-13H2,1-2H3,(H,19,21). The highest BCUT2D eigenvalue weighted by molar-refractivity contribution is 7.89. The van der Waals surface area contributed by atoms with Gasteiger partial charge in [0.05, 0.1) is 24.3 Å². The topological polar surface area (TPSA) is 75.7 Å². The highest BCUT2D eigenvalue weighted by Crippen LogP contribution is 2.46. The second-order valence-electron chi connectivity index (χ2n) is 6.90. The van der Waals surface area contributed by atoms with Crippen LogP contribution in [-0.2, 0) is 20.4 Å². The summed E-state index contributed by atoms with van der Waals surface area (Å²) in [5.74, 6) is 0.561. The van der Waals surface area contributed by atoms with Gasteiger partial charge in [0.25, 0.3) is 0 Å². The van der Waals surface area contributed by atoms with Crippen molar-refractivity contribution in [2.24, 2.45) is 5.92 Å². The monoisotopic (exact) mass is 366 g/mol. The molecule has 1 unspecified atom stereocenters. The molecular formula is C18H26N2O4S. The van der Waals surface area contributed by atoms with Crippen LogP contribution in [0.5, 0.6) is 5.75 Å². The van der Waals surface area contributed by atoms with E-state index < -0.39 is 10.0 Å². The van der Waals surface area contributed by atoms with Gasteiger partial charge in [-0.25, -0.2) is 12.7 Å². The van der Waals surface area contributed by atoms with Crippen LogP contribution in [0, 0.1) is 5.92 Å². The van der Waals surface area contributed by atoms with Gasteiger partial charge in [-0.3, -0.25) is 4.79 Å². The van der Waals surface area contributed by atoms with Crippen LogP contribution in [0.1, 0.15) is 38.2 Å². The minimum absolute atomic E-state index is 0.0377. The maximum Gasteiger partial charge on any atom is 0.225 e. The number of methoxy groups -OCH3 is 1. The van der Waals surface area contributed by atoms with Crippen LogP contribution in [0.25, 0.3) is 0 Å². The molecule has 3 rings (SSSR count). The number of piperidine rings is 1. The minimum Gasteiger partial charge on any atom is -0.497 e. The summed E-state index contributed by atoms with van der Waals surface area (Å²) in [6, 6.07) is 7.77. The van der Waals surface area contributed by atoms with Gasteiger partial charge < -0.3 is 10.1 Å². The van der Waals surface area contributed by atoms with E-state index in [0.717, 1.165) is 37.0 Å². The first-order chi connectivity index (χ1) is 11.9. The third-order valence-electron chi connectivity index (χ3n) is 5.27. The SMILES string of the molecule is CCS(=O)(=O)N1CCCC(C(=O)NC2(c3ccc(OC)cc3)CC2)C1. The first-order valence-corrected chi connectivity index (χ1v) is 10.5. The van der Waals surface area contributed by atoms with Crippen LogP contribution < -0.4 is 10.1 Å². The molecule has 1 aliphatic carbocycles. The van der Waals surface area contributed by atoms with E-state index >= 15 is 0 Å². The second-order valence-corrected chi connectivity index (χ2v) is 9.16. The van der Waals surface area contributed by atoms with Gasteiger partial charge in [0.2, 0.25) is 15.9 Å². The second kappa shape index (κ2) is 6.96. The summed E-state index contributed by atoms with van der Waals surface area (Å²) in [5, 5.41) is 3.18. The van der Waals surface area contributed by atoms with Gasteiger partial charge in [-0.15, -0.1) is 0 Å². The number of nitrogens with zero attached hydrogens (tertiary/aromatic N) is 1. The number of hydrogen-bond acceptors (Lipinski definition) is 4. The summed E-state index contributed by atoms with van der Waals surface area (Å²) < 4.78 is 30.8. The maximum absolute atomic E-state index is 12.8. The van der Waals surface area contributed by atoms with E-state index in [1.807, 2.05) is 24.3 Å². The van der Waals surface area contributed by atoms with Gasteiger partial charge in [0.1, 0.15) is 5.75 Å². The number of carbonyl (C=O) groups excluding carboxylic acids is 1. The molecule has 1 saturated heterocycles. The van der Waals surface area contributed by atoms with Gasteiger partial charge in [-0.1, -0.05) is 12.1 Å². The molecule has 6 nitrogen and oxygen atoms in total. The summed E-state index contributed by atoms with van der Waals surface area (Å²) in [7, 11) is -1.61. The Labute approximate surface area is 149 Å². The van der Waals surface area contributed by atoms with Gasteiger partial charge in [0.15, 0.2) is 0 Å². The molecule has 25 heavy (non-hydrogen) atoms. The van der Waals surface area contributed by atoms with E-state index in [0.29, 0.717) is 13.1 Å². The number of amides is 1. The predicted octanol–water partition coefficient (Wildman–Crippen LogP) is 1.86. The van der Waals surface area contributed by atoms with Crippen molar-refractivity contribution in [2.45, 2.75) is 38.1 Å². The zero-order chi connectivity index (χ0) is 18.1. The van der Waals surface area contributed by atoms with Crippen molar-refractivity contribution in [2.75, 3.05) is 26.0 Å². The average molecular weight is 366 g/mol. The third-order valence-corrected chi connectivity index (χ3v) is 7.12. The quantitative estimate of drug-likeness (QED) is 0.834. The van der Waals surface area contributed by atoms with Crippen molar-refractivity contribution in [1.82, 2.24) is 9.62 Å². The number of ether oxygens (including phenoxy) is 1. The molecule has 138 valence electrons. The van der Waals surface area contributed by atoms with Gasteiger partial charge in [-0.2, -0.15) is 0 Å². The summed E-state index contributed by atoms with van der Waals surface area (Å²) in [6.07, 6.45) is 3.29. The van der Waals surface area contributed by atoms with Crippen LogP contribution in [-0.4, -0.2) is 44.6 Å². The van der Waals surface area contributed by atoms with Crippen molar-refractivity contribution < 1.29 is 17.9 Å². The summed E-state index contributed by atoms with van der Waals surface area (Å²) in [4.78, 5) is 12.8. The Morgan fingerprint density at radius 1 is 1.32 bits per heavy atom. The smallest absolute Gasteiger partial charge is 0.225 e. The molecule has 1 aromatic carbocycles. The molecule has 7 heteroatoms. The molecule has 1 N–H and O–H groups in total. The Bertz CT molecular complexity index is 726.